The molecule has 6 heteroatoms. The van der Waals surface area contributed by atoms with E-state index in [1.807, 2.05) is 37.3 Å². The molecule has 0 unspecified atom stereocenters. The lowest BCUT2D eigenvalue weighted by Crippen LogP contribution is -2.34. The topological polar surface area (TPSA) is 71.2 Å². The molecular formula is C18H22N4O2. The Morgan fingerprint density at radius 3 is 2.71 bits per heavy atom. The van der Waals surface area contributed by atoms with Crippen LogP contribution in [0.2, 0.25) is 0 Å². The zero-order valence-electron chi connectivity index (χ0n) is 13.8. The molecule has 2 aromatic rings. The lowest BCUT2D eigenvalue weighted by atomic mass is 9.89. The molecule has 0 bridgehead atoms. The van der Waals surface area contributed by atoms with Crippen molar-refractivity contribution in [3.05, 3.63) is 59.9 Å². The molecule has 126 valence electrons. The van der Waals surface area contributed by atoms with Crippen LogP contribution in [0, 0.1) is 0 Å². The molecule has 0 radical (unpaired) electrons. The number of aromatic nitrogens is 3. The first-order chi connectivity index (χ1) is 11.5. The fourth-order valence-corrected chi connectivity index (χ4v) is 2.80. The molecule has 1 aliphatic carbocycles. The lowest BCUT2D eigenvalue weighted by Gasteiger charge is -2.31. The summed E-state index contributed by atoms with van der Waals surface area (Å²) >= 11 is 0. The van der Waals surface area contributed by atoms with Crippen molar-refractivity contribution in [3.63, 3.8) is 0 Å². The lowest BCUT2D eigenvalue weighted by molar-refractivity contribution is 0.0244. The molecule has 0 saturated heterocycles. The van der Waals surface area contributed by atoms with Gasteiger partial charge < -0.3 is 10.0 Å². The summed E-state index contributed by atoms with van der Waals surface area (Å²) in [5, 5.41) is 17.8. The Morgan fingerprint density at radius 1 is 1.38 bits per heavy atom. The molecule has 1 fully saturated rings. The molecule has 1 heterocycles. The molecule has 1 N–H and O–H groups in total. The number of rotatable bonds is 6. The highest BCUT2D eigenvalue weighted by atomic mass is 16.3. The van der Waals surface area contributed by atoms with Crippen molar-refractivity contribution in [2.45, 2.75) is 38.5 Å². The van der Waals surface area contributed by atoms with E-state index in [2.05, 4.69) is 16.9 Å². The van der Waals surface area contributed by atoms with Gasteiger partial charge in [0.15, 0.2) is 5.69 Å². The number of aliphatic hydroxyl groups excluding tert-OH is 1. The number of carbonyl (C=O) groups is 1. The summed E-state index contributed by atoms with van der Waals surface area (Å²) < 4.78 is 1.60. The highest BCUT2D eigenvalue weighted by Gasteiger charge is 2.32. The predicted octanol–water partition coefficient (Wildman–Crippen LogP) is 2.19. The molecule has 3 rings (SSSR count). The Balaban J connectivity index is 1.76. The monoisotopic (exact) mass is 326 g/mol. The van der Waals surface area contributed by atoms with E-state index in [9.17, 15) is 9.90 Å². The summed E-state index contributed by atoms with van der Waals surface area (Å²) in [5.41, 5.74) is 2.25. The largest absolute Gasteiger partial charge is 0.391 e. The molecule has 1 aromatic carbocycles. The van der Waals surface area contributed by atoms with Crippen LogP contribution in [0.3, 0.4) is 0 Å². The highest BCUT2D eigenvalue weighted by Crippen LogP contribution is 2.31. The maximum absolute atomic E-state index is 12.8. The van der Waals surface area contributed by atoms with Crippen molar-refractivity contribution in [1.82, 2.24) is 19.9 Å². The third-order valence-corrected chi connectivity index (χ3v) is 4.24. The van der Waals surface area contributed by atoms with Crippen molar-refractivity contribution in [1.29, 1.82) is 0 Å². The second-order valence-electron chi connectivity index (χ2n) is 6.40. The van der Waals surface area contributed by atoms with Gasteiger partial charge in [-0.05, 0) is 25.3 Å². The Labute approximate surface area is 141 Å². The average Bonchev–Trinajstić information content (AvgIpc) is 3.02. The van der Waals surface area contributed by atoms with Crippen molar-refractivity contribution >= 4 is 5.91 Å². The van der Waals surface area contributed by atoms with Gasteiger partial charge in [-0.3, -0.25) is 4.79 Å². The summed E-state index contributed by atoms with van der Waals surface area (Å²) in [5.74, 6) is -0.179. The van der Waals surface area contributed by atoms with Crippen LogP contribution >= 0.6 is 0 Å². The highest BCUT2D eigenvalue weighted by molar-refractivity contribution is 5.92. The number of hydrogen-bond donors (Lipinski definition) is 1. The molecule has 0 aliphatic heterocycles. The van der Waals surface area contributed by atoms with Gasteiger partial charge in [0, 0.05) is 13.1 Å². The van der Waals surface area contributed by atoms with E-state index in [0.717, 1.165) is 24.0 Å². The molecule has 6 nitrogen and oxygen atoms in total. The molecule has 0 spiro atoms. The Hall–Kier alpha value is -2.47. The van der Waals surface area contributed by atoms with Gasteiger partial charge in [-0.2, -0.15) is 0 Å². The SMILES string of the molecule is C=C(C)CN(Cc1ccccc1)C(=O)c1cn([C@@H]2CC[C@H]2O)nn1. The Morgan fingerprint density at radius 2 is 2.12 bits per heavy atom. The van der Waals surface area contributed by atoms with Crippen LogP contribution in [-0.2, 0) is 6.54 Å². The summed E-state index contributed by atoms with van der Waals surface area (Å²) in [6.07, 6.45) is 2.86. The van der Waals surface area contributed by atoms with E-state index in [4.69, 9.17) is 0 Å². The van der Waals surface area contributed by atoms with Crippen LogP contribution in [0.1, 0.15) is 41.9 Å². The normalized spacial score (nSPS) is 19.6. The van der Waals surface area contributed by atoms with Crippen molar-refractivity contribution in [2.24, 2.45) is 0 Å². The van der Waals surface area contributed by atoms with Crippen LogP contribution in [-0.4, -0.2) is 43.6 Å². The number of benzene rings is 1. The van der Waals surface area contributed by atoms with Crippen LogP contribution < -0.4 is 0 Å². The zero-order valence-corrected chi connectivity index (χ0v) is 13.8. The number of amides is 1. The molecule has 1 saturated carbocycles. The van der Waals surface area contributed by atoms with E-state index < -0.39 is 6.10 Å². The molecular weight excluding hydrogens is 304 g/mol. The van der Waals surface area contributed by atoms with Gasteiger partial charge in [0.2, 0.25) is 0 Å². The van der Waals surface area contributed by atoms with Crippen LogP contribution in [0.25, 0.3) is 0 Å². The van der Waals surface area contributed by atoms with Gasteiger partial charge in [-0.25, -0.2) is 4.68 Å². The number of hydrogen-bond acceptors (Lipinski definition) is 4. The van der Waals surface area contributed by atoms with Gasteiger partial charge in [0.05, 0.1) is 18.3 Å². The quantitative estimate of drug-likeness (QED) is 0.826. The van der Waals surface area contributed by atoms with Crippen LogP contribution in [0.5, 0.6) is 0 Å². The minimum Gasteiger partial charge on any atom is -0.391 e. The summed E-state index contributed by atoms with van der Waals surface area (Å²) in [4.78, 5) is 14.5. The number of carbonyl (C=O) groups excluding carboxylic acids is 1. The fraction of sp³-hybridized carbons (Fsp3) is 0.389. The maximum Gasteiger partial charge on any atom is 0.276 e. The Kier molecular flexibility index (Phi) is 4.76. The number of aliphatic hydroxyl groups is 1. The van der Waals surface area contributed by atoms with E-state index in [0.29, 0.717) is 18.8 Å². The van der Waals surface area contributed by atoms with Crippen molar-refractivity contribution < 1.29 is 9.90 Å². The maximum atomic E-state index is 12.8. The first kappa shape index (κ1) is 16.4. The second kappa shape index (κ2) is 6.97. The molecule has 2 atom stereocenters. The Bertz CT molecular complexity index is 726. The van der Waals surface area contributed by atoms with E-state index in [-0.39, 0.29) is 11.9 Å². The van der Waals surface area contributed by atoms with E-state index >= 15 is 0 Å². The fourth-order valence-electron chi connectivity index (χ4n) is 2.80. The minimum atomic E-state index is -0.398. The molecule has 24 heavy (non-hydrogen) atoms. The van der Waals surface area contributed by atoms with Crippen molar-refractivity contribution in [3.8, 4) is 0 Å². The van der Waals surface area contributed by atoms with Gasteiger partial charge in [-0.1, -0.05) is 47.7 Å². The van der Waals surface area contributed by atoms with Gasteiger partial charge in [0.25, 0.3) is 5.91 Å². The van der Waals surface area contributed by atoms with Crippen LogP contribution in [0.4, 0.5) is 0 Å². The van der Waals surface area contributed by atoms with E-state index in [1.54, 1.807) is 15.8 Å². The molecule has 1 aliphatic rings. The third kappa shape index (κ3) is 3.54. The summed E-state index contributed by atoms with van der Waals surface area (Å²) in [6.45, 7) is 6.76. The minimum absolute atomic E-state index is 0.0669. The predicted molar refractivity (Wildman–Crippen MR) is 90.3 cm³/mol. The molecule has 1 aromatic heterocycles. The second-order valence-corrected chi connectivity index (χ2v) is 6.40. The zero-order chi connectivity index (χ0) is 17.1. The van der Waals surface area contributed by atoms with E-state index in [1.165, 1.54) is 0 Å². The molecule has 1 amide bonds. The van der Waals surface area contributed by atoms with Gasteiger partial charge in [0.1, 0.15) is 0 Å². The standard InChI is InChI=1S/C18H22N4O2/c1-13(2)10-21(11-14-6-4-3-5-7-14)18(24)15-12-22(20-19-15)16-8-9-17(16)23/h3-7,12,16-17,23H,1,8-11H2,2H3/t16-,17-/m1/s1. The first-order valence-corrected chi connectivity index (χ1v) is 8.12. The van der Waals surface area contributed by atoms with Gasteiger partial charge >= 0.3 is 0 Å². The number of nitrogens with zero attached hydrogens (tertiary/aromatic N) is 4. The van der Waals surface area contributed by atoms with Crippen molar-refractivity contribution in [2.75, 3.05) is 6.54 Å². The van der Waals surface area contributed by atoms with Crippen LogP contribution in [0.15, 0.2) is 48.7 Å². The summed E-state index contributed by atoms with van der Waals surface area (Å²) in [6, 6.07) is 9.76. The third-order valence-electron chi connectivity index (χ3n) is 4.24. The first-order valence-electron chi connectivity index (χ1n) is 8.12. The van der Waals surface area contributed by atoms with Gasteiger partial charge in [-0.15, -0.1) is 5.10 Å². The smallest absolute Gasteiger partial charge is 0.276 e. The summed E-state index contributed by atoms with van der Waals surface area (Å²) in [7, 11) is 0. The average molecular weight is 326 g/mol.